The van der Waals surface area contributed by atoms with Gasteiger partial charge < -0.3 is 16.0 Å². The van der Waals surface area contributed by atoms with Gasteiger partial charge in [0.1, 0.15) is 5.69 Å². The van der Waals surface area contributed by atoms with Gasteiger partial charge in [0.05, 0.1) is 23.4 Å². The second-order valence-electron chi connectivity index (χ2n) is 8.27. The second-order valence-corrected chi connectivity index (χ2v) is 8.27. The van der Waals surface area contributed by atoms with Crippen LogP contribution in [-0.2, 0) is 5.41 Å². The molecule has 0 spiro atoms. The second kappa shape index (κ2) is 9.96. The molecule has 0 atom stereocenters. The van der Waals surface area contributed by atoms with Crippen LogP contribution in [0.2, 0.25) is 0 Å². The summed E-state index contributed by atoms with van der Waals surface area (Å²) < 4.78 is 0. The van der Waals surface area contributed by atoms with Gasteiger partial charge in [-0.3, -0.25) is 14.4 Å². The Morgan fingerprint density at radius 3 is 2.26 bits per heavy atom. The average molecular weight is 456 g/mol. The highest BCUT2D eigenvalue weighted by atomic mass is 16.2. The van der Waals surface area contributed by atoms with E-state index in [0.29, 0.717) is 22.5 Å². The van der Waals surface area contributed by atoms with Gasteiger partial charge >= 0.3 is 0 Å². The minimum absolute atomic E-state index is 0.239. The van der Waals surface area contributed by atoms with Crippen molar-refractivity contribution in [3.8, 4) is 6.07 Å². The van der Waals surface area contributed by atoms with E-state index in [9.17, 15) is 19.6 Å². The number of hydrogen-bond donors (Lipinski definition) is 3. The van der Waals surface area contributed by atoms with Crippen molar-refractivity contribution in [1.82, 2.24) is 10.3 Å². The van der Waals surface area contributed by atoms with Gasteiger partial charge in [0.15, 0.2) is 0 Å². The lowest BCUT2D eigenvalue weighted by Gasteiger charge is -2.16. The molecular formula is C26H25N5O3. The molecule has 0 fully saturated rings. The van der Waals surface area contributed by atoms with E-state index in [0.717, 1.165) is 11.1 Å². The van der Waals surface area contributed by atoms with E-state index in [1.54, 1.807) is 63.2 Å². The Morgan fingerprint density at radius 1 is 0.912 bits per heavy atom. The number of rotatable bonds is 6. The van der Waals surface area contributed by atoms with Crippen LogP contribution in [0.3, 0.4) is 0 Å². The van der Waals surface area contributed by atoms with Crippen molar-refractivity contribution in [1.29, 1.82) is 5.26 Å². The molecule has 3 rings (SSSR count). The number of anilines is 2. The van der Waals surface area contributed by atoms with Crippen molar-refractivity contribution < 1.29 is 14.4 Å². The third-order valence-corrected chi connectivity index (χ3v) is 5.35. The number of amides is 3. The average Bonchev–Trinajstić information content (AvgIpc) is 2.85. The van der Waals surface area contributed by atoms with Gasteiger partial charge in [0.2, 0.25) is 0 Å². The lowest BCUT2D eigenvalue weighted by molar-refractivity contribution is 0.0957. The molecule has 8 heteroatoms. The first-order valence-corrected chi connectivity index (χ1v) is 10.6. The minimum Gasteiger partial charge on any atom is -0.354 e. The quantitative estimate of drug-likeness (QED) is 0.517. The van der Waals surface area contributed by atoms with Gasteiger partial charge in [-0.2, -0.15) is 5.26 Å². The predicted octanol–water partition coefficient (Wildman–Crippen LogP) is 4.06. The molecule has 0 saturated heterocycles. The summed E-state index contributed by atoms with van der Waals surface area (Å²) in [5.74, 6) is -1.04. The molecule has 0 bridgehead atoms. The van der Waals surface area contributed by atoms with Crippen LogP contribution in [0.1, 0.15) is 56.2 Å². The largest absolute Gasteiger partial charge is 0.354 e. The van der Waals surface area contributed by atoms with Gasteiger partial charge in [-0.15, -0.1) is 0 Å². The maximum Gasteiger partial charge on any atom is 0.269 e. The normalized spacial score (nSPS) is 10.7. The first kappa shape index (κ1) is 24.1. The summed E-state index contributed by atoms with van der Waals surface area (Å²) in [4.78, 5) is 41.3. The van der Waals surface area contributed by atoms with Crippen LogP contribution < -0.4 is 16.0 Å². The molecule has 0 saturated carbocycles. The molecule has 34 heavy (non-hydrogen) atoms. The molecular weight excluding hydrogens is 430 g/mol. The molecule has 0 radical (unpaired) electrons. The number of aryl methyl sites for hydroxylation is 1. The lowest BCUT2D eigenvalue weighted by Crippen LogP contribution is -2.19. The molecule has 1 heterocycles. The molecule has 3 amide bonds. The zero-order valence-electron chi connectivity index (χ0n) is 19.4. The van der Waals surface area contributed by atoms with Crippen LogP contribution in [0.15, 0.2) is 60.8 Å². The highest BCUT2D eigenvalue weighted by Crippen LogP contribution is 2.24. The molecule has 8 nitrogen and oxygen atoms in total. The highest BCUT2D eigenvalue weighted by Gasteiger charge is 2.21. The molecule has 0 unspecified atom stereocenters. The number of carbonyl (C=O) groups is 3. The van der Waals surface area contributed by atoms with Gasteiger partial charge in [0, 0.05) is 23.9 Å². The Morgan fingerprint density at radius 2 is 1.62 bits per heavy atom. The molecule has 2 aromatic carbocycles. The van der Waals surface area contributed by atoms with Gasteiger partial charge in [-0.05, 0) is 68.3 Å². The summed E-state index contributed by atoms with van der Waals surface area (Å²) in [5.41, 5.74) is 2.66. The number of aromatic nitrogens is 1. The summed E-state index contributed by atoms with van der Waals surface area (Å²) in [6.45, 7) is 5.37. The van der Waals surface area contributed by atoms with Crippen LogP contribution in [0.5, 0.6) is 0 Å². The summed E-state index contributed by atoms with van der Waals surface area (Å²) in [6, 6.07) is 17.3. The molecule has 1 aromatic heterocycles. The highest BCUT2D eigenvalue weighted by molar-refractivity contribution is 6.08. The fourth-order valence-electron chi connectivity index (χ4n) is 3.19. The smallest absolute Gasteiger partial charge is 0.269 e. The zero-order valence-corrected chi connectivity index (χ0v) is 19.4. The van der Waals surface area contributed by atoms with Gasteiger partial charge in [-0.1, -0.05) is 18.2 Å². The maximum atomic E-state index is 12.8. The fourth-order valence-corrected chi connectivity index (χ4v) is 3.19. The predicted molar refractivity (Wildman–Crippen MR) is 130 cm³/mol. The van der Waals surface area contributed by atoms with E-state index < -0.39 is 5.41 Å². The molecule has 0 aliphatic carbocycles. The van der Waals surface area contributed by atoms with Crippen LogP contribution >= 0.6 is 0 Å². The zero-order chi connectivity index (χ0) is 24.9. The Kier molecular flexibility index (Phi) is 7.07. The summed E-state index contributed by atoms with van der Waals surface area (Å²) in [5, 5.41) is 17.4. The third-order valence-electron chi connectivity index (χ3n) is 5.35. The minimum atomic E-state index is -0.723. The fraction of sp³-hybridized carbons (Fsp3) is 0.192. The number of nitriles is 1. The van der Waals surface area contributed by atoms with Crippen LogP contribution in [0.25, 0.3) is 0 Å². The van der Waals surface area contributed by atoms with E-state index >= 15 is 0 Å². The first-order chi connectivity index (χ1) is 16.1. The SMILES string of the molecule is CNC(=O)c1ccc(NC(=O)c2cc(NC(=O)c3cccc(C(C)(C)C#N)c3)ccc2C)cn1. The Bertz CT molecular complexity index is 1290. The number of benzene rings is 2. The molecule has 172 valence electrons. The van der Waals surface area contributed by atoms with Crippen molar-refractivity contribution in [2.24, 2.45) is 0 Å². The standard InChI is InChI=1S/C26H25N5O3/c1-16-8-9-19(30-23(32)17-6-5-7-18(12-17)26(2,3)15-27)13-21(16)24(33)31-20-10-11-22(29-14-20)25(34)28-4/h5-14H,1-4H3,(H,28,34)(H,30,32)(H,31,33). The number of hydrogen-bond acceptors (Lipinski definition) is 5. The number of nitrogens with one attached hydrogen (secondary N) is 3. The topological polar surface area (TPSA) is 124 Å². The van der Waals surface area contributed by atoms with E-state index in [4.69, 9.17) is 0 Å². The number of nitrogens with zero attached hydrogens (tertiary/aromatic N) is 2. The first-order valence-electron chi connectivity index (χ1n) is 10.6. The Balaban J connectivity index is 1.77. The van der Waals surface area contributed by atoms with Crippen molar-refractivity contribution in [3.05, 3.63) is 88.7 Å². The molecule has 0 aliphatic heterocycles. The van der Waals surface area contributed by atoms with Crippen molar-refractivity contribution in [2.75, 3.05) is 17.7 Å². The van der Waals surface area contributed by atoms with E-state index in [1.807, 2.05) is 6.07 Å². The Labute approximate surface area is 198 Å². The summed E-state index contributed by atoms with van der Waals surface area (Å²) in [6.07, 6.45) is 1.40. The van der Waals surface area contributed by atoms with Gasteiger partial charge in [0.25, 0.3) is 17.7 Å². The maximum absolute atomic E-state index is 12.8. The van der Waals surface area contributed by atoms with Crippen molar-refractivity contribution in [3.63, 3.8) is 0 Å². The lowest BCUT2D eigenvalue weighted by atomic mass is 9.85. The van der Waals surface area contributed by atoms with Crippen LogP contribution in [0, 0.1) is 18.3 Å². The van der Waals surface area contributed by atoms with E-state index in [2.05, 4.69) is 27.0 Å². The number of pyridine rings is 1. The van der Waals surface area contributed by atoms with Crippen LogP contribution in [-0.4, -0.2) is 29.8 Å². The van der Waals surface area contributed by atoms with E-state index in [-0.39, 0.29) is 23.4 Å². The van der Waals surface area contributed by atoms with Crippen LogP contribution in [0.4, 0.5) is 11.4 Å². The molecule has 3 aromatic rings. The Hall–Kier alpha value is -4.51. The molecule has 3 N–H and O–H groups in total. The van der Waals surface area contributed by atoms with Crippen molar-refractivity contribution >= 4 is 29.1 Å². The van der Waals surface area contributed by atoms with Crippen molar-refractivity contribution in [2.45, 2.75) is 26.2 Å². The third kappa shape index (κ3) is 5.45. The van der Waals surface area contributed by atoms with Gasteiger partial charge in [-0.25, -0.2) is 4.98 Å². The monoisotopic (exact) mass is 455 g/mol. The summed E-state index contributed by atoms with van der Waals surface area (Å²) >= 11 is 0. The van der Waals surface area contributed by atoms with E-state index in [1.165, 1.54) is 19.3 Å². The molecule has 0 aliphatic rings. The number of carbonyl (C=O) groups excluding carboxylic acids is 3. The summed E-state index contributed by atoms with van der Waals surface area (Å²) in [7, 11) is 1.51.